The fourth-order valence-electron chi connectivity index (χ4n) is 3.04. The van der Waals surface area contributed by atoms with Gasteiger partial charge in [-0.1, -0.05) is 18.2 Å². The lowest BCUT2D eigenvalue weighted by Crippen LogP contribution is -2.46. The van der Waals surface area contributed by atoms with Gasteiger partial charge in [0.1, 0.15) is 11.6 Å². The second-order valence-corrected chi connectivity index (χ2v) is 6.09. The van der Waals surface area contributed by atoms with Crippen LogP contribution in [0.4, 0.5) is 0 Å². The largest absolute Gasteiger partial charge is 0.451 e. The summed E-state index contributed by atoms with van der Waals surface area (Å²) in [5.74, 6) is 0.0985. The number of furan rings is 1. The number of nitrogens with zero attached hydrogens (tertiary/aromatic N) is 1. The Morgan fingerprint density at radius 1 is 1.18 bits per heavy atom. The molecule has 1 aliphatic carbocycles. The number of carbonyl (C=O) groups excluding carboxylic acids is 2. The van der Waals surface area contributed by atoms with Gasteiger partial charge in [0.05, 0.1) is 0 Å². The third-order valence-electron chi connectivity index (χ3n) is 4.38. The van der Waals surface area contributed by atoms with Gasteiger partial charge in [-0.2, -0.15) is 0 Å². The van der Waals surface area contributed by atoms with Gasteiger partial charge in [0, 0.05) is 18.0 Å². The van der Waals surface area contributed by atoms with Gasteiger partial charge in [-0.25, -0.2) is 0 Å². The molecule has 1 saturated heterocycles. The summed E-state index contributed by atoms with van der Waals surface area (Å²) in [6.07, 6.45) is 3.69. The lowest BCUT2D eigenvalue weighted by Gasteiger charge is -2.22. The molecule has 2 aromatic rings. The van der Waals surface area contributed by atoms with Gasteiger partial charge in [0.15, 0.2) is 5.76 Å². The molecule has 2 heterocycles. The lowest BCUT2D eigenvalue weighted by atomic mass is 10.2. The predicted octanol–water partition coefficient (Wildman–Crippen LogP) is 2.32. The first-order valence-electron chi connectivity index (χ1n) is 7.82. The van der Waals surface area contributed by atoms with Gasteiger partial charge in [-0.3, -0.25) is 9.59 Å². The van der Waals surface area contributed by atoms with Crippen molar-refractivity contribution in [2.24, 2.45) is 0 Å². The van der Waals surface area contributed by atoms with Crippen LogP contribution in [0.15, 0.2) is 34.7 Å². The van der Waals surface area contributed by atoms with E-state index in [0.717, 1.165) is 31.1 Å². The highest BCUT2D eigenvalue weighted by atomic mass is 16.3. The van der Waals surface area contributed by atoms with Gasteiger partial charge in [0.2, 0.25) is 5.91 Å². The summed E-state index contributed by atoms with van der Waals surface area (Å²) >= 11 is 0. The zero-order chi connectivity index (χ0) is 15.1. The summed E-state index contributed by atoms with van der Waals surface area (Å²) in [6.45, 7) is 0.610. The van der Waals surface area contributed by atoms with Crippen molar-refractivity contribution in [1.29, 1.82) is 0 Å². The van der Waals surface area contributed by atoms with E-state index in [1.165, 1.54) is 0 Å². The van der Waals surface area contributed by atoms with Crippen LogP contribution in [-0.4, -0.2) is 35.3 Å². The molecule has 5 nitrogen and oxygen atoms in total. The van der Waals surface area contributed by atoms with Gasteiger partial charge >= 0.3 is 0 Å². The number of likely N-dealkylation sites (tertiary alicyclic amines) is 1. The Labute approximate surface area is 128 Å². The molecule has 1 aliphatic heterocycles. The summed E-state index contributed by atoms with van der Waals surface area (Å²) < 4.78 is 5.64. The van der Waals surface area contributed by atoms with E-state index in [-0.39, 0.29) is 17.9 Å². The summed E-state index contributed by atoms with van der Waals surface area (Å²) in [5, 5.41) is 3.90. The van der Waals surface area contributed by atoms with Crippen LogP contribution >= 0.6 is 0 Å². The van der Waals surface area contributed by atoms with Crippen molar-refractivity contribution in [3.8, 4) is 0 Å². The normalized spacial score (nSPS) is 21.3. The Balaban J connectivity index is 1.56. The monoisotopic (exact) mass is 298 g/mol. The second-order valence-electron chi connectivity index (χ2n) is 6.09. The van der Waals surface area contributed by atoms with Crippen LogP contribution in [-0.2, 0) is 4.79 Å². The van der Waals surface area contributed by atoms with Crippen molar-refractivity contribution in [2.45, 2.75) is 37.8 Å². The second kappa shape index (κ2) is 5.16. The summed E-state index contributed by atoms with van der Waals surface area (Å²) in [7, 11) is 0. The lowest BCUT2D eigenvalue weighted by molar-refractivity contribution is -0.125. The third-order valence-corrected chi connectivity index (χ3v) is 4.38. The average Bonchev–Trinajstić information content (AvgIpc) is 3.07. The average molecular weight is 298 g/mol. The number of hydrogen-bond donors (Lipinski definition) is 1. The van der Waals surface area contributed by atoms with Crippen molar-refractivity contribution in [3.63, 3.8) is 0 Å². The van der Waals surface area contributed by atoms with Crippen LogP contribution in [0, 0.1) is 0 Å². The first kappa shape index (κ1) is 13.4. The summed E-state index contributed by atoms with van der Waals surface area (Å²) in [4.78, 5) is 26.6. The van der Waals surface area contributed by atoms with E-state index >= 15 is 0 Å². The Morgan fingerprint density at radius 2 is 2.00 bits per heavy atom. The molecule has 1 atom stereocenters. The summed E-state index contributed by atoms with van der Waals surface area (Å²) in [5.41, 5.74) is 0.698. The molecule has 0 radical (unpaired) electrons. The minimum atomic E-state index is -0.360. The van der Waals surface area contributed by atoms with Crippen molar-refractivity contribution in [3.05, 3.63) is 36.1 Å². The van der Waals surface area contributed by atoms with Crippen LogP contribution in [0.1, 0.15) is 36.2 Å². The van der Waals surface area contributed by atoms with Crippen molar-refractivity contribution >= 4 is 22.8 Å². The summed E-state index contributed by atoms with van der Waals surface area (Å²) in [6, 6.07) is 9.25. The van der Waals surface area contributed by atoms with Crippen molar-refractivity contribution in [2.75, 3.05) is 6.54 Å². The Kier molecular flexibility index (Phi) is 3.13. The van der Waals surface area contributed by atoms with Crippen LogP contribution < -0.4 is 5.32 Å². The highest BCUT2D eigenvalue weighted by molar-refractivity contribution is 5.99. The van der Waals surface area contributed by atoms with Gasteiger partial charge in [0.25, 0.3) is 5.91 Å². The van der Waals surface area contributed by atoms with Crippen LogP contribution in [0.25, 0.3) is 11.0 Å². The molecule has 1 N–H and O–H groups in total. The number of amides is 2. The molecule has 2 fully saturated rings. The van der Waals surface area contributed by atoms with E-state index in [4.69, 9.17) is 4.42 Å². The molecular weight excluding hydrogens is 280 g/mol. The molecule has 2 aliphatic rings. The maximum atomic E-state index is 12.7. The minimum absolute atomic E-state index is 0.0236. The molecule has 1 aromatic heterocycles. The van der Waals surface area contributed by atoms with Crippen LogP contribution in [0.2, 0.25) is 0 Å². The number of benzene rings is 1. The Morgan fingerprint density at radius 3 is 2.77 bits per heavy atom. The molecule has 5 heteroatoms. The molecule has 0 spiro atoms. The number of hydrogen-bond acceptors (Lipinski definition) is 3. The highest BCUT2D eigenvalue weighted by Gasteiger charge is 2.37. The Bertz CT molecular complexity index is 699. The Hall–Kier alpha value is -2.30. The zero-order valence-electron chi connectivity index (χ0n) is 12.2. The van der Waals surface area contributed by atoms with Gasteiger partial charge in [-0.15, -0.1) is 0 Å². The van der Waals surface area contributed by atoms with E-state index in [2.05, 4.69) is 5.32 Å². The third kappa shape index (κ3) is 2.36. The van der Waals surface area contributed by atoms with Crippen LogP contribution in [0.5, 0.6) is 0 Å². The number of para-hydroxylation sites is 1. The fraction of sp³-hybridized carbons (Fsp3) is 0.412. The number of nitrogens with one attached hydrogen (secondary N) is 1. The van der Waals surface area contributed by atoms with E-state index in [9.17, 15) is 9.59 Å². The maximum Gasteiger partial charge on any atom is 0.290 e. The SMILES string of the molecule is O=C(NC1CC1)[C@@H]1CCCN1C(=O)c1cc2ccccc2o1. The van der Waals surface area contributed by atoms with Crippen LogP contribution in [0.3, 0.4) is 0 Å². The zero-order valence-corrected chi connectivity index (χ0v) is 12.2. The van der Waals surface area contributed by atoms with E-state index < -0.39 is 0 Å². The topological polar surface area (TPSA) is 62.6 Å². The first-order chi connectivity index (χ1) is 10.7. The molecule has 1 saturated carbocycles. The molecule has 0 bridgehead atoms. The van der Waals surface area contributed by atoms with Gasteiger partial charge in [-0.05, 0) is 37.8 Å². The highest BCUT2D eigenvalue weighted by Crippen LogP contribution is 2.26. The fourth-order valence-corrected chi connectivity index (χ4v) is 3.04. The smallest absolute Gasteiger partial charge is 0.290 e. The minimum Gasteiger partial charge on any atom is -0.451 e. The standard InChI is InChI=1S/C17H18N2O3/c20-16(18-12-7-8-12)13-5-3-9-19(13)17(21)15-10-11-4-1-2-6-14(11)22-15/h1-2,4,6,10,12-13H,3,5,7-9H2,(H,18,20)/t13-/m0/s1. The molecule has 4 rings (SSSR count). The number of rotatable bonds is 3. The van der Waals surface area contributed by atoms with E-state index in [1.54, 1.807) is 11.0 Å². The molecule has 2 amide bonds. The van der Waals surface area contributed by atoms with Crippen molar-refractivity contribution < 1.29 is 14.0 Å². The number of fused-ring (bicyclic) bond motifs is 1. The van der Waals surface area contributed by atoms with E-state index in [1.807, 2.05) is 24.3 Å². The van der Waals surface area contributed by atoms with E-state index in [0.29, 0.717) is 23.9 Å². The molecule has 22 heavy (non-hydrogen) atoms. The predicted molar refractivity (Wildman–Crippen MR) is 81.4 cm³/mol. The molecular formula is C17H18N2O3. The van der Waals surface area contributed by atoms with Crippen molar-refractivity contribution in [1.82, 2.24) is 10.2 Å². The first-order valence-corrected chi connectivity index (χ1v) is 7.82. The quantitative estimate of drug-likeness (QED) is 0.946. The maximum absolute atomic E-state index is 12.7. The molecule has 1 aromatic carbocycles. The molecule has 0 unspecified atom stereocenters. The molecule has 114 valence electrons. The van der Waals surface area contributed by atoms with Gasteiger partial charge < -0.3 is 14.6 Å². The number of carbonyl (C=O) groups is 2.